The number of pyridine rings is 1. The molecule has 0 N–H and O–H groups in total. The normalized spacial score (nSPS) is 13.7. The van der Waals surface area contributed by atoms with Gasteiger partial charge >= 0.3 is 5.97 Å². The summed E-state index contributed by atoms with van der Waals surface area (Å²) in [5.74, 6) is -0.447. The smallest absolute Gasteiger partial charge is 0.339 e. The minimum Gasteiger partial charge on any atom is -0.454 e. The SMILES string of the molecule is Cc1ccc(C(=O)COC(=O)c2cc(C3CC3)nc3onc(C)c23)cc1C. The summed E-state index contributed by atoms with van der Waals surface area (Å²) in [4.78, 5) is 29.5. The van der Waals surface area contributed by atoms with Gasteiger partial charge in [-0.15, -0.1) is 0 Å². The quantitative estimate of drug-likeness (QED) is 0.501. The number of aryl methyl sites for hydroxylation is 3. The Bertz CT molecular complexity index is 1060. The highest BCUT2D eigenvalue weighted by Gasteiger charge is 2.29. The van der Waals surface area contributed by atoms with Crippen LogP contribution < -0.4 is 0 Å². The molecule has 4 rings (SSSR count). The van der Waals surface area contributed by atoms with E-state index in [0.717, 1.165) is 29.7 Å². The lowest BCUT2D eigenvalue weighted by molar-refractivity contribution is 0.0476. The first-order chi connectivity index (χ1) is 12.9. The molecule has 0 spiro atoms. The maximum atomic E-state index is 12.7. The van der Waals surface area contributed by atoms with Crippen molar-refractivity contribution in [1.29, 1.82) is 0 Å². The molecule has 6 nitrogen and oxygen atoms in total. The van der Waals surface area contributed by atoms with Crippen molar-refractivity contribution in [1.82, 2.24) is 10.1 Å². The van der Waals surface area contributed by atoms with E-state index in [1.54, 1.807) is 19.1 Å². The zero-order valence-corrected chi connectivity index (χ0v) is 15.5. The van der Waals surface area contributed by atoms with Crippen LogP contribution >= 0.6 is 0 Å². The number of hydrogen-bond donors (Lipinski definition) is 0. The van der Waals surface area contributed by atoms with Gasteiger partial charge in [-0.3, -0.25) is 4.79 Å². The van der Waals surface area contributed by atoms with Crippen molar-refractivity contribution < 1.29 is 18.8 Å². The average Bonchev–Trinajstić information content (AvgIpc) is 3.44. The largest absolute Gasteiger partial charge is 0.454 e. The van der Waals surface area contributed by atoms with Gasteiger partial charge in [-0.25, -0.2) is 9.78 Å². The fourth-order valence-electron chi connectivity index (χ4n) is 3.07. The first kappa shape index (κ1) is 17.4. The number of ether oxygens (including phenoxy) is 1. The molecule has 1 saturated carbocycles. The zero-order chi connectivity index (χ0) is 19.1. The first-order valence-corrected chi connectivity index (χ1v) is 8.98. The van der Waals surface area contributed by atoms with Crippen LogP contribution in [0.5, 0.6) is 0 Å². The molecule has 0 bridgehead atoms. The third-order valence-electron chi connectivity index (χ3n) is 5.02. The Labute approximate surface area is 156 Å². The number of aromatic nitrogens is 2. The van der Waals surface area contributed by atoms with Crippen molar-refractivity contribution >= 4 is 22.9 Å². The summed E-state index contributed by atoms with van der Waals surface area (Å²) in [6.07, 6.45) is 2.09. The predicted octanol–water partition coefficient (Wildman–Crippen LogP) is 4.07. The second-order valence-corrected chi connectivity index (χ2v) is 7.12. The van der Waals surface area contributed by atoms with E-state index in [9.17, 15) is 9.59 Å². The Hall–Kier alpha value is -3.02. The minimum absolute atomic E-state index is 0.235. The summed E-state index contributed by atoms with van der Waals surface area (Å²) in [7, 11) is 0. The second-order valence-electron chi connectivity index (χ2n) is 7.12. The van der Waals surface area contributed by atoms with Crippen molar-refractivity contribution in [3.63, 3.8) is 0 Å². The van der Waals surface area contributed by atoms with Gasteiger partial charge in [0.15, 0.2) is 12.4 Å². The number of Topliss-reactive ketones (excluding diaryl/α,β-unsaturated/α-hetero) is 1. The molecule has 1 aliphatic rings. The number of esters is 1. The summed E-state index contributed by atoms with van der Waals surface area (Å²) in [5, 5.41) is 4.45. The number of carbonyl (C=O) groups excluding carboxylic acids is 2. The molecule has 0 radical (unpaired) electrons. The number of carbonyl (C=O) groups is 2. The molecule has 6 heteroatoms. The van der Waals surface area contributed by atoms with Crippen LogP contribution in [0.25, 0.3) is 11.1 Å². The number of benzene rings is 1. The van der Waals surface area contributed by atoms with Crippen LogP contribution in [0.1, 0.15) is 62.0 Å². The summed E-state index contributed by atoms with van der Waals surface area (Å²) in [6.45, 7) is 5.37. The Balaban J connectivity index is 1.56. The summed E-state index contributed by atoms with van der Waals surface area (Å²) < 4.78 is 10.6. The molecule has 1 aliphatic carbocycles. The molecule has 0 unspecified atom stereocenters. The lowest BCUT2D eigenvalue weighted by atomic mass is 10.0. The topological polar surface area (TPSA) is 82.3 Å². The molecule has 0 aliphatic heterocycles. The summed E-state index contributed by atoms with van der Waals surface area (Å²) in [5.41, 5.74) is 4.75. The molecule has 0 amide bonds. The lowest BCUT2D eigenvalue weighted by Crippen LogP contribution is -2.15. The van der Waals surface area contributed by atoms with Gasteiger partial charge in [0.1, 0.15) is 0 Å². The van der Waals surface area contributed by atoms with Gasteiger partial charge in [0.2, 0.25) is 0 Å². The molecule has 2 aromatic heterocycles. The van der Waals surface area contributed by atoms with Gasteiger partial charge < -0.3 is 9.26 Å². The van der Waals surface area contributed by atoms with E-state index in [1.807, 2.05) is 26.0 Å². The molecular weight excluding hydrogens is 344 g/mol. The van der Waals surface area contributed by atoms with Crippen molar-refractivity contribution in [3.8, 4) is 0 Å². The Kier molecular flexibility index (Phi) is 4.26. The van der Waals surface area contributed by atoms with Gasteiger partial charge in [0, 0.05) is 17.2 Å². The lowest BCUT2D eigenvalue weighted by Gasteiger charge is -2.08. The highest BCUT2D eigenvalue weighted by atomic mass is 16.5. The van der Waals surface area contributed by atoms with Crippen LogP contribution in [0.2, 0.25) is 0 Å². The monoisotopic (exact) mass is 364 g/mol. The Morgan fingerprint density at radius 3 is 2.63 bits per heavy atom. The molecule has 2 heterocycles. The van der Waals surface area contributed by atoms with Gasteiger partial charge in [-0.1, -0.05) is 17.3 Å². The maximum absolute atomic E-state index is 12.7. The van der Waals surface area contributed by atoms with Crippen LogP contribution in [0.4, 0.5) is 0 Å². The van der Waals surface area contributed by atoms with E-state index in [1.165, 1.54) is 0 Å². The van der Waals surface area contributed by atoms with E-state index in [2.05, 4.69) is 10.1 Å². The van der Waals surface area contributed by atoms with Crippen molar-refractivity contribution in [3.05, 3.63) is 57.9 Å². The van der Waals surface area contributed by atoms with Crippen molar-refractivity contribution in [2.24, 2.45) is 0 Å². The summed E-state index contributed by atoms with van der Waals surface area (Å²) >= 11 is 0. The van der Waals surface area contributed by atoms with E-state index < -0.39 is 5.97 Å². The van der Waals surface area contributed by atoms with E-state index in [0.29, 0.717) is 33.8 Å². The summed E-state index contributed by atoms with van der Waals surface area (Å²) in [6, 6.07) is 7.19. The van der Waals surface area contributed by atoms with Crippen LogP contribution in [0, 0.1) is 20.8 Å². The van der Waals surface area contributed by atoms with E-state index in [4.69, 9.17) is 9.26 Å². The molecule has 0 atom stereocenters. The Morgan fingerprint density at radius 1 is 1.15 bits per heavy atom. The zero-order valence-electron chi connectivity index (χ0n) is 15.5. The number of ketones is 1. The van der Waals surface area contributed by atoms with Gasteiger partial charge in [0.05, 0.1) is 16.6 Å². The molecule has 1 aromatic carbocycles. The van der Waals surface area contributed by atoms with Crippen LogP contribution in [-0.4, -0.2) is 28.5 Å². The van der Waals surface area contributed by atoms with Crippen molar-refractivity contribution in [2.45, 2.75) is 39.5 Å². The highest BCUT2D eigenvalue weighted by molar-refractivity contribution is 6.05. The third-order valence-corrected chi connectivity index (χ3v) is 5.02. The number of fused-ring (bicyclic) bond motifs is 1. The molecule has 1 fully saturated rings. The molecule has 27 heavy (non-hydrogen) atoms. The van der Waals surface area contributed by atoms with Gasteiger partial charge in [-0.05, 0) is 56.9 Å². The number of hydrogen-bond acceptors (Lipinski definition) is 6. The molecule has 3 aromatic rings. The van der Waals surface area contributed by atoms with E-state index >= 15 is 0 Å². The van der Waals surface area contributed by atoms with Gasteiger partial charge in [-0.2, -0.15) is 0 Å². The predicted molar refractivity (Wildman–Crippen MR) is 99.0 cm³/mol. The minimum atomic E-state index is -0.562. The first-order valence-electron chi connectivity index (χ1n) is 8.98. The van der Waals surface area contributed by atoms with Crippen LogP contribution in [0.3, 0.4) is 0 Å². The average molecular weight is 364 g/mol. The molecule has 0 saturated heterocycles. The second kappa shape index (κ2) is 6.61. The molecular formula is C21H20N2O4. The maximum Gasteiger partial charge on any atom is 0.339 e. The Morgan fingerprint density at radius 2 is 1.93 bits per heavy atom. The fraction of sp³-hybridized carbons (Fsp3) is 0.333. The standard InChI is InChI=1S/C21H20N2O4/c1-11-4-5-15(8-12(11)2)18(24)10-26-21(25)16-9-17(14-6-7-14)22-20-19(16)13(3)23-27-20/h4-5,8-9,14H,6-7,10H2,1-3H3. The van der Waals surface area contributed by atoms with E-state index in [-0.39, 0.29) is 12.4 Å². The van der Waals surface area contributed by atoms with Crippen LogP contribution in [-0.2, 0) is 4.74 Å². The number of nitrogens with zero attached hydrogens (tertiary/aromatic N) is 2. The highest BCUT2D eigenvalue weighted by Crippen LogP contribution is 2.40. The fourth-order valence-corrected chi connectivity index (χ4v) is 3.07. The molecule has 138 valence electrons. The third kappa shape index (κ3) is 3.35. The van der Waals surface area contributed by atoms with Crippen molar-refractivity contribution in [2.75, 3.05) is 6.61 Å². The number of rotatable bonds is 5. The van der Waals surface area contributed by atoms with Crippen LogP contribution in [0.15, 0.2) is 28.8 Å². The van der Waals surface area contributed by atoms with Gasteiger partial charge in [0.25, 0.3) is 5.71 Å².